The molecule has 1 aromatic heterocycles. The molecule has 4 nitrogen and oxygen atoms in total. The second-order valence-corrected chi connectivity index (χ2v) is 6.69. The van der Waals surface area contributed by atoms with Crippen molar-refractivity contribution in [1.82, 2.24) is 4.98 Å². The maximum absolute atomic E-state index is 13.0. The van der Waals surface area contributed by atoms with Crippen LogP contribution in [-0.2, 0) is 0 Å². The van der Waals surface area contributed by atoms with Crippen LogP contribution < -0.4 is 9.47 Å². The number of aromatic nitrogens is 1. The van der Waals surface area contributed by atoms with Gasteiger partial charge >= 0.3 is 0 Å². The Morgan fingerprint density at radius 2 is 1.88 bits per heavy atom. The number of hydrogen-bond acceptors (Lipinski definition) is 5. The molecule has 25 heavy (non-hydrogen) atoms. The lowest BCUT2D eigenvalue weighted by molar-refractivity contribution is 0.102. The van der Waals surface area contributed by atoms with Gasteiger partial charge in [-0.25, -0.2) is 9.37 Å². The fourth-order valence-electron chi connectivity index (χ4n) is 2.65. The fourth-order valence-corrected chi connectivity index (χ4v) is 3.54. The molecule has 0 radical (unpaired) electrons. The molecule has 0 saturated heterocycles. The van der Waals surface area contributed by atoms with E-state index in [-0.39, 0.29) is 24.1 Å². The van der Waals surface area contributed by atoms with Gasteiger partial charge in [-0.1, -0.05) is 11.8 Å². The normalized spacial score (nSPS) is 12.6. The molecule has 0 bridgehead atoms. The molecule has 0 N–H and O–H groups in total. The van der Waals surface area contributed by atoms with Gasteiger partial charge in [0.25, 0.3) is 0 Å². The number of fused-ring (bicyclic) bond motifs is 2. The molecule has 0 fully saturated rings. The number of rotatable bonds is 4. The third kappa shape index (κ3) is 3.17. The summed E-state index contributed by atoms with van der Waals surface area (Å²) < 4.78 is 23.7. The first-order valence-electron chi connectivity index (χ1n) is 7.73. The molecule has 2 aromatic carbocycles. The zero-order chi connectivity index (χ0) is 17.4. The molecular weight excluding hydrogens is 341 g/mol. The van der Waals surface area contributed by atoms with Crippen molar-refractivity contribution >= 4 is 28.4 Å². The average molecular weight is 355 g/mol. The highest BCUT2D eigenvalue weighted by molar-refractivity contribution is 8.00. The van der Waals surface area contributed by atoms with Crippen LogP contribution in [0.1, 0.15) is 15.9 Å². The van der Waals surface area contributed by atoms with Crippen molar-refractivity contribution in [3.05, 3.63) is 59.4 Å². The van der Waals surface area contributed by atoms with E-state index in [1.165, 1.54) is 36.0 Å². The Labute approximate surface area is 148 Å². The van der Waals surface area contributed by atoms with E-state index in [1.54, 1.807) is 0 Å². The van der Waals surface area contributed by atoms with Crippen molar-refractivity contribution in [2.24, 2.45) is 0 Å². The van der Waals surface area contributed by atoms with Gasteiger partial charge in [0.2, 0.25) is 6.79 Å². The molecule has 0 unspecified atom stereocenters. The van der Waals surface area contributed by atoms with E-state index in [9.17, 15) is 9.18 Å². The highest BCUT2D eigenvalue weighted by atomic mass is 32.2. The minimum absolute atomic E-state index is 0.0583. The number of pyridine rings is 1. The number of thioether (sulfide) groups is 1. The molecule has 0 amide bonds. The maximum atomic E-state index is 13.0. The van der Waals surface area contributed by atoms with Gasteiger partial charge in [0.1, 0.15) is 10.8 Å². The van der Waals surface area contributed by atoms with Crippen LogP contribution >= 0.6 is 11.8 Å². The zero-order valence-electron chi connectivity index (χ0n) is 13.4. The molecular formula is C19H14FNO3S. The Bertz CT molecular complexity index is 973. The third-order valence-corrected chi connectivity index (χ3v) is 5.05. The quantitative estimate of drug-likeness (QED) is 0.513. The summed E-state index contributed by atoms with van der Waals surface area (Å²) >= 11 is 1.38. The lowest BCUT2D eigenvalue weighted by Crippen LogP contribution is -2.03. The monoisotopic (exact) mass is 355 g/mol. The summed E-state index contributed by atoms with van der Waals surface area (Å²) in [6.45, 7) is 2.18. The number of carbonyl (C=O) groups is 1. The molecule has 4 rings (SSSR count). The molecule has 0 aliphatic carbocycles. The fraction of sp³-hybridized carbons (Fsp3) is 0.158. The second-order valence-electron chi connectivity index (χ2n) is 5.73. The molecule has 0 atom stereocenters. The number of aryl methyl sites for hydroxylation is 1. The number of ether oxygens (including phenoxy) is 2. The van der Waals surface area contributed by atoms with E-state index >= 15 is 0 Å². The SMILES string of the molecule is Cc1cc2cc3c(cc2nc1SCC(=O)c1ccc(F)cc1)OCO3. The highest BCUT2D eigenvalue weighted by Crippen LogP contribution is 2.36. The molecule has 6 heteroatoms. The van der Waals surface area contributed by atoms with Gasteiger partial charge in [0, 0.05) is 17.0 Å². The van der Waals surface area contributed by atoms with E-state index in [4.69, 9.17) is 9.47 Å². The minimum atomic E-state index is -0.352. The lowest BCUT2D eigenvalue weighted by atomic mass is 10.1. The topological polar surface area (TPSA) is 48.4 Å². The van der Waals surface area contributed by atoms with Crippen LogP contribution in [-0.4, -0.2) is 23.3 Å². The van der Waals surface area contributed by atoms with Gasteiger partial charge < -0.3 is 9.47 Å². The highest BCUT2D eigenvalue weighted by Gasteiger charge is 2.16. The van der Waals surface area contributed by atoms with Crippen molar-refractivity contribution in [2.75, 3.05) is 12.5 Å². The molecule has 3 aromatic rings. The maximum Gasteiger partial charge on any atom is 0.231 e. The van der Waals surface area contributed by atoms with E-state index in [0.29, 0.717) is 11.3 Å². The van der Waals surface area contributed by atoms with Gasteiger partial charge in [-0.3, -0.25) is 4.79 Å². The summed E-state index contributed by atoms with van der Waals surface area (Å²) in [7, 11) is 0. The van der Waals surface area contributed by atoms with E-state index in [0.717, 1.165) is 27.2 Å². The first-order chi connectivity index (χ1) is 12.1. The van der Waals surface area contributed by atoms with Crippen LogP contribution in [0, 0.1) is 12.7 Å². The molecule has 2 heterocycles. The Kier molecular flexibility index (Phi) is 4.05. The zero-order valence-corrected chi connectivity index (χ0v) is 14.2. The van der Waals surface area contributed by atoms with Crippen LogP contribution in [0.15, 0.2) is 47.5 Å². The van der Waals surface area contributed by atoms with Gasteiger partial charge in [-0.15, -0.1) is 0 Å². The van der Waals surface area contributed by atoms with Gasteiger partial charge in [-0.05, 0) is 48.9 Å². The molecule has 1 aliphatic rings. The van der Waals surface area contributed by atoms with Crippen molar-refractivity contribution in [3.63, 3.8) is 0 Å². The number of Topliss-reactive ketones (excluding diaryl/α,β-unsaturated/α-hetero) is 1. The number of hydrogen-bond donors (Lipinski definition) is 0. The molecule has 126 valence electrons. The van der Waals surface area contributed by atoms with Crippen LogP contribution in [0.2, 0.25) is 0 Å². The number of carbonyl (C=O) groups excluding carboxylic acids is 1. The Morgan fingerprint density at radius 3 is 2.64 bits per heavy atom. The average Bonchev–Trinajstić information content (AvgIpc) is 3.05. The summed E-state index contributed by atoms with van der Waals surface area (Å²) in [5.74, 6) is 1.24. The van der Waals surface area contributed by atoms with Gasteiger partial charge in [-0.2, -0.15) is 0 Å². The van der Waals surface area contributed by atoms with Crippen LogP contribution in [0.4, 0.5) is 4.39 Å². The lowest BCUT2D eigenvalue weighted by Gasteiger charge is -2.08. The van der Waals surface area contributed by atoms with Crippen LogP contribution in [0.5, 0.6) is 11.5 Å². The summed E-state index contributed by atoms with van der Waals surface area (Å²) in [6.07, 6.45) is 0. The predicted octanol–water partition coefficient (Wildman–Crippen LogP) is 4.39. The molecule has 0 saturated carbocycles. The number of benzene rings is 2. The third-order valence-electron chi connectivity index (χ3n) is 3.96. The van der Waals surface area contributed by atoms with Gasteiger partial charge in [0.15, 0.2) is 17.3 Å². The number of ketones is 1. The Morgan fingerprint density at radius 1 is 1.16 bits per heavy atom. The summed E-state index contributed by atoms with van der Waals surface area (Å²) in [5.41, 5.74) is 2.28. The summed E-state index contributed by atoms with van der Waals surface area (Å²) in [4.78, 5) is 16.9. The second kappa shape index (κ2) is 6.37. The first kappa shape index (κ1) is 15.9. The Balaban J connectivity index is 1.56. The van der Waals surface area contributed by atoms with Gasteiger partial charge in [0.05, 0.1) is 11.3 Å². The van der Waals surface area contributed by atoms with Crippen LogP contribution in [0.25, 0.3) is 10.9 Å². The van der Waals surface area contributed by atoms with Crippen molar-refractivity contribution in [2.45, 2.75) is 11.9 Å². The standard InChI is InChI=1S/C19H14FNO3S/c1-11-6-13-7-17-18(24-10-23-17)8-15(13)21-19(11)25-9-16(22)12-2-4-14(20)5-3-12/h2-8H,9-10H2,1H3. The van der Waals surface area contributed by atoms with Crippen molar-refractivity contribution < 1.29 is 18.7 Å². The van der Waals surface area contributed by atoms with Crippen molar-refractivity contribution in [3.8, 4) is 11.5 Å². The molecule has 0 spiro atoms. The molecule has 1 aliphatic heterocycles. The number of nitrogens with zero attached hydrogens (tertiary/aromatic N) is 1. The largest absolute Gasteiger partial charge is 0.454 e. The number of halogens is 1. The smallest absolute Gasteiger partial charge is 0.231 e. The predicted molar refractivity (Wildman–Crippen MR) is 94.1 cm³/mol. The van der Waals surface area contributed by atoms with E-state index in [2.05, 4.69) is 4.98 Å². The van der Waals surface area contributed by atoms with E-state index < -0.39 is 0 Å². The summed E-state index contributed by atoms with van der Waals surface area (Å²) in [6, 6.07) is 11.4. The summed E-state index contributed by atoms with van der Waals surface area (Å²) in [5, 5.41) is 1.76. The first-order valence-corrected chi connectivity index (χ1v) is 8.71. The Hall–Kier alpha value is -2.60. The van der Waals surface area contributed by atoms with Crippen molar-refractivity contribution in [1.29, 1.82) is 0 Å². The van der Waals surface area contributed by atoms with E-state index in [1.807, 2.05) is 25.1 Å². The minimum Gasteiger partial charge on any atom is -0.454 e. The van der Waals surface area contributed by atoms with Crippen LogP contribution in [0.3, 0.4) is 0 Å².